The molecule has 1 aromatic carbocycles. The molecule has 1 heterocycles. The molecule has 3 nitrogen and oxygen atoms in total. The van der Waals surface area contributed by atoms with Crippen LogP contribution >= 0.6 is 0 Å². The van der Waals surface area contributed by atoms with Gasteiger partial charge in [0.05, 0.1) is 11.7 Å². The SMILES string of the molecule is CC(=O)C1CCC(n2cc3c(n2)C(c2ccccc2)CC3)C1. The molecule has 114 valence electrons. The van der Waals surface area contributed by atoms with Crippen molar-refractivity contribution in [3.05, 3.63) is 53.3 Å². The second-order valence-electron chi connectivity index (χ2n) is 6.80. The quantitative estimate of drug-likeness (QED) is 0.860. The molecule has 1 fully saturated rings. The molecule has 3 atom stereocenters. The van der Waals surface area contributed by atoms with Crippen LogP contribution < -0.4 is 0 Å². The predicted octanol–water partition coefficient (Wildman–Crippen LogP) is 3.89. The highest BCUT2D eigenvalue weighted by molar-refractivity contribution is 5.78. The molecule has 3 heteroatoms. The van der Waals surface area contributed by atoms with Gasteiger partial charge in [-0.2, -0.15) is 5.10 Å². The molecular formula is C19H22N2O. The first kappa shape index (κ1) is 13.7. The standard InChI is InChI=1S/C19H22N2O/c1-13(22)15-7-9-17(11-15)21-12-16-8-10-18(19(16)20-21)14-5-3-2-4-6-14/h2-6,12,15,17-18H,7-11H2,1H3. The highest BCUT2D eigenvalue weighted by atomic mass is 16.1. The summed E-state index contributed by atoms with van der Waals surface area (Å²) in [4.78, 5) is 11.6. The minimum Gasteiger partial charge on any atom is -0.300 e. The maximum absolute atomic E-state index is 11.6. The Balaban J connectivity index is 1.58. The van der Waals surface area contributed by atoms with E-state index >= 15 is 0 Å². The zero-order valence-electron chi connectivity index (χ0n) is 13.0. The fraction of sp³-hybridized carbons (Fsp3) is 0.474. The molecule has 3 unspecified atom stereocenters. The molecule has 0 N–H and O–H groups in total. The van der Waals surface area contributed by atoms with Gasteiger partial charge in [0.25, 0.3) is 0 Å². The van der Waals surface area contributed by atoms with E-state index in [2.05, 4.69) is 41.2 Å². The summed E-state index contributed by atoms with van der Waals surface area (Å²) in [5.41, 5.74) is 4.04. The molecule has 0 amide bonds. The van der Waals surface area contributed by atoms with Gasteiger partial charge in [0.15, 0.2) is 0 Å². The van der Waals surface area contributed by atoms with E-state index in [0.29, 0.717) is 17.7 Å². The second-order valence-corrected chi connectivity index (χ2v) is 6.80. The molecule has 0 spiro atoms. The number of rotatable bonds is 3. The molecule has 0 radical (unpaired) electrons. The van der Waals surface area contributed by atoms with Crippen molar-refractivity contribution in [1.29, 1.82) is 0 Å². The molecule has 4 rings (SSSR count). The zero-order valence-corrected chi connectivity index (χ0v) is 13.0. The number of hydrogen-bond acceptors (Lipinski definition) is 2. The lowest BCUT2D eigenvalue weighted by atomic mass is 9.97. The molecule has 1 saturated carbocycles. The van der Waals surface area contributed by atoms with Gasteiger partial charge in [-0.15, -0.1) is 0 Å². The summed E-state index contributed by atoms with van der Waals surface area (Å²) in [7, 11) is 0. The van der Waals surface area contributed by atoms with Gasteiger partial charge in [0.1, 0.15) is 5.78 Å². The molecule has 0 bridgehead atoms. The van der Waals surface area contributed by atoms with Gasteiger partial charge in [0.2, 0.25) is 0 Å². The Hall–Kier alpha value is -1.90. The number of nitrogens with zero attached hydrogens (tertiary/aromatic N) is 2. The van der Waals surface area contributed by atoms with E-state index in [9.17, 15) is 4.79 Å². The van der Waals surface area contributed by atoms with Crippen LogP contribution in [0, 0.1) is 5.92 Å². The first-order chi connectivity index (χ1) is 10.7. The number of hydrogen-bond donors (Lipinski definition) is 0. The minimum atomic E-state index is 0.244. The fourth-order valence-corrected chi connectivity index (χ4v) is 4.13. The van der Waals surface area contributed by atoms with Crippen LogP contribution in [0.4, 0.5) is 0 Å². The summed E-state index contributed by atoms with van der Waals surface area (Å²) in [6, 6.07) is 11.1. The van der Waals surface area contributed by atoms with Crippen LogP contribution in [0.25, 0.3) is 0 Å². The first-order valence-electron chi connectivity index (χ1n) is 8.35. The lowest BCUT2D eigenvalue weighted by molar-refractivity contribution is -0.120. The largest absolute Gasteiger partial charge is 0.300 e. The molecule has 22 heavy (non-hydrogen) atoms. The van der Waals surface area contributed by atoms with E-state index in [1.165, 1.54) is 23.2 Å². The van der Waals surface area contributed by atoms with Crippen molar-refractivity contribution < 1.29 is 4.79 Å². The lowest BCUT2D eigenvalue weighted by Gasteiger charge is -2.13. The van der Waals surface area contributed by atoms with Gasteiger partial charge in [-0.25, -0.2) is 0 Å². The van der Waals surface area contributed by atoms with Gasteiger partial charge >= 0.3 is 0 Å². The Morgan fingerprint density at radius 3 is 2.73 bits per heavy atom. The van der Waals surface area contributed by atoms with E-state index in [-0.39, 0.29) is 5.92 Å². The van der Waals surface area contributed by atoms with Gasteiger partial charge in [-0.05, 0) is 50.2 Å². The number of benzene rings is 1. The molecule has 0 aliphatic heterocycles. The van der Waals surface area contributed by atoms with E-state index in [0.717, 1.165) is 25.7 Å². The van der Waals surface area contributed by atoms with Crippen LogP contribution in [-0.4, -0.2) is 15.6 Å². The lowest BCUT2D eigenvalue weighted by Crippen LogP contribution is -2.11. The van der Waals surface area contributed by atoms with Gasteiger partial charge < -0.3 is 0 Å². The maximum Gasteiger partial charge on any atom is 0.132 e. The van der Waals surface area contributed by atoms with Crippen LogP contribution in [0.1, 0.15) is 61.4 Å². The van der Waals surface area contributed by atoms with Crippen LogP contribution in [0.2, 0.25) is 0 Å². The Bertz CT molecular complexity index is 689. The van der Waals surface area contributed by atoms with Crippen LogP contribution in [0.3, 0.4) is 0 Å². The predicted molar refractivity (Wildman–Crippen MR) is 85.9 cm³/mol. The summed E-state index contributed by atoms with van der Waals surface area (Å²) in [6.45, 7) is 1.72. The average molecular weight is 294 g/mol. The van der Waals surface area contributed by atoms with Crippen LogP contribution in [0.15, 0.2) is 36.5 Å². The minimum absolute atomic E-state index is 0.244. The van der Waals surface area contributed by atoms with Gasteiger partial charge in [-0.1, -0.05) is 30.3 Å². The maximum atomic E-state index is 11.6. The van der Waals surface area contributed by atoms with E-state index in [1.54, 1.807) is 6.92 Å². The Morgan fingerprint density at radius 1 is 1.18 bits per heavy atom. The third-order valence-electron chi connectivity index (χ3n) is 5.43. The molecule has 2 aromatic rings. The van der Waals surface area contributed by atoms with Crippen LogP contribution in [-0.2, 0) is 11.2 Å². The molecule has 0 saturated heterocycles. The van der Waals surface area contributed by atoms with E-state index in [1.807, 2.05) is 0 Å². The van der Waals surface area contributed by atoms with Crippen molar-refractivity contribution in [2.75, 3.05) is 0 Å². The molecule has 2 aliphatic rings. The smallest absolute Gasteiger partial charge is 0.132 e. The summed E-state index contributed by atoms with van der Waals surface area (Å²) in [6.07, 6.45) is 7.60. The Morgan fingerprint density at radius 2 is 2.00 bits per heavy atom. The summed E-state index contributed by atoms with van der Waals surface area (Å²) >= 11 is 0. The van der Waals surface area contributed by atoms with Crippen molar-refractivity contribution in [2.45, 2.75) is 51.0 Å². The van der Waals surface area contributed by atoms with Crippen molar-refractivity contribution in [2.24, 2.45) is 5.92 Å². The van der Waals surface area contributed by atoms with Crippen molar-refractivity contribution >= 4 is 5.78 Å². The summed E-state index contributed by atoms with van der Waals surface area (Å²) in [5.74, 6) is 1.03. The number of fused-ring (bicyclic) bond motifs is 1. The second kappa shape index (κ2) is 5.38. The topological polar surface area (TPSA) is 34.9 Å². The molecule has 2 aliphatic carbocycles. The fourth-order valence-electron chi connectivity index (χ4n) is 4.13. The zero-order chi connectivity index (χ0) is 15.1. The molecular weight excluding hydrogens is 272 g/mol. The van der Waals surface area contributed by atoms with Crippen LogP contribution in [0.5, 0.6) is 0 Å². The number of aryl methyl sites for hydroxylation is 1. The number of Topliss-reactive ketones (excluding diaryl/α,β-unsaturated/α-hetero) is 1. The Kier molecular flexibility index (Phi) is 3.36. The highest BCUT2D eigenvalue weighted by Crippen LogP contribution is 2.40. The number of aromatic nitrogens is 2. The summed E-state index contributed by atoms with van der Waals surface area (Å²) < 4.78 is 2.16. The number of carbonyl (C=O) groups excluding carboxylic acids is 1. The summed E-state index contributed by atoms with van der Waals surface area (Å²) in [5, 5.41) is 4.93. The Labute approximate surface area is 131 Å². The van der Waals surface area contributed by atoms with Crippen molar-refractivity contribution in [3.63, 3.8) is 0 Å². The van der Waals surface area contributed by atoms with Gasteiger partial charge in [-0.3, -0.25) is 9.48 Å². The average Bonchev–Trinajstić information content (AvgIpc) is 3.22. The highest BCUT2D eigenvalue weighted by Gasteiger charge is 2.32. The third kappa shape index (κ3) is 2.29. The monoisotopic (exact) mass is 294 g/mol. The molecule has 1 aromatic heterocycles. The van der Waals surface area contributed by atoms with Crippen molar-refractivity contribution in [3.8, 4) is 0 Å². The number of carbonyl (C=O) groups is 1. The van der Waals surface area contributed by atoms with Gasteiger partial charge in [0, 0.05) is 18.0 Å². The third-order valence-corrected chi connectivity index (χ3v) is 5.43. The normalized spacial score (nSPS) is 27.0. The first-order valence-corrected chi connectivity index (χ1v) is 8.35. The van der Waals surface area contributed by atoms with E-state index in [4.69, 9.17) is 5.10 Å². The number of ketones is 1. The van der Waals surface area contributed by atoms with E-state index < -0.39 is 0 Å². The van der Waals surface area contributed by atoms with Crippen molar-refractivity contribution in [1.82, 2.24) is 9.78 Å².